The zero-order valence-corrected chi connectivity index (χ0v) is 10.3. The van der Waals surface area contributed by atoms with Gasteiger partial charge in [0.25, 0.3) is 0 Å². The van der Waals surface area contributed by atoms with Gasteiger partial charge >= 0.3 is 0 Å². The Morgan fingerprint density at radius 3 is 2.88 bits per heavy atom. The van der Waals surface area contributed by atoms with Crippen LogP contribution in [-0.4, -0.2) is 17.0 Å². The van der Waals surface area contributed by atoms with Gasteiger partial charge in [0.15, 0.2) is 0 Å². The largest absolute Gasteiger partial charge is 0.467 e. The first kappa shape index (κ1) is 11.6. The molecule has 4 nitrogen and oxygen atoms in total. The molecule has 0 aromatic carbocycles. The van der Waals surface area contributed by atoms with Crippen molar-refractivity contribution >= 4 is 23.0 Å². The molecule has 0 aliphatic rings. The van der Waals surface area contributed by atoms with Crippen molar-refractivity contribution in [3.8, 4) is 0 Å². The highest BCUT2D eigenvalue weighted by molar-refractivity contribution is 7.80. The van der Waals surface area contributed by atoms with Crippen LogP contribution >= 0.6 is 12.2 Å². The van der Waals surface area contributed by atoms with Gasteiger partial charge < -0.3 is 15.1 Å². The van der Waals surface area contributed by atoms with Crippen molar-refractivity contribution in [1.29, 1.82) is 0 Å². The van der Waals surface area contributed by atoms with Crippen LogP contribution in [0.25, 0.3) is 0 Å². The quantitative estimate of drug-likeness (QED) is 0.837. The molecular formula is C12H13N3OS. The lowest BCUT2D eigenvalue weighted by atomic mass is 10.3. The third-order valence-corrected chi connectivity index (χ3v) is 2.56. The molecule has 88 valence electrons. The number of rotatable bonds is 4. The molecule has 0 aliphatic carbocycles. The highest BCUT2D eigenvalue weighted by atomic mass is 32.1. The van der Waals surface area contributed by atoms with E-state index < -0.39 is 0 Å². The number of aromatic nitrogens is 1. The van der Waals surface area contributed by atoms with Crippen LogP contribution in [0.4, 0.5) is 5.82 Å². The van der Waals surface area contributed by atoms with Gasteiger partial charge in [0.1, 0.15) is 16.6 Å². The van der Waals surface area contributed by atoms with Crippen molar-refractivity contribution in [3.63, 3.8) is 0 Å². The first-order valence-corrected chi connectivity index (χ1v) is 5.58. The van der Waals surface area contributed by atoms with Crippen molar-refractivity contribution in [2.75, 3.05) is 11.9 Å². The Balaban J connectivity index is 2.16. The predicted octanol–water partition coefficient (Wildman–Crippen LogP) is 1.95. The first-order chi connectivity index (χ1) is 8.16. The molecule has 2 aromatic heterocycles. The summed E-state index contributed by atoms with van der Waals surface area (Å²) in [5.41, 5.74) is 6.18. The van der Waals surface area contributed by atoms with E-state index in [1.807, 2.05) is 36.2 Å². The highest BCUT2D eigenvalue weighted by Crippen LogP contribution is 2.13. The minimum Gasteiger partial charge on any atom is -0.467 e. The molecule has 0 saturated heterocycles. The Bertz CT molecular complexity index is 510. The summed E-state index contributed by atoms with van der Waals surface area (Å²) in [6, 6.07) is 9.38. The van der Waals surface area contributed by atoms with Crippen LogP contribution in [0.3, 0.4) is 0 Å². The van der Waals surface area contributed by atoms with Gasteiger partial charge in [0, 0.05) is 7.05 Å². The third kappa shape index (κ3) is 2.82. The maximum atomic E-state index is 5.55. The summed E-state index contributed by atoms with van der Waals surface area (Å²) in [6.45, 7) is 0.654. The monoisotopic (exact) mass is 247 g/mol. The lowest BCUT2D eigenvalue weighted by molar-refractivity contribution is 0.507. The number of pyridine rings is 1. The number of hydrogen-bond acceptors (Lipinski definition) is 4. The van der Waals surface area contributed by atoms with Gasteiger partial charge in [-0.25, -0.2) is 4.98 Å². The van der Waals surface area contributed by atoms with E-state index in [9.17, 15) is 0 Å². The molecular weight excluding hydrogens is 234 g/mol. The molecule has 0 bridgehead atoms. The number of anilines is 1. The summed E-state index contributed by atoms with van der Waals surface area (Å²) in [4.78, 5) is 6.65. The number of hydrogen-bond donors (Lipinski definition) is 1. The summed E-state index contributed by atoms with van der Waals surface area (Å²) in [7, 11) is 1.94. The second kappa shape index (κ2) is 4.97. The molecule has 0 amide bonds. The SMILES string of the molecule is CN(Cc1ccco1)c1cccc(C(N)=S)n1. The minimum absolute atomic E-state index is 0.304. The van der Waals surface area contributed by atoms with E-state index in [2.05, 4.69) is 4.98 Å². The topological polar surface area (TPSA) is 55.3 Å². The van der Waals surface area contributed by atoms with Crippen molar-refractivity contribution in [2.24, 2.45) is 5.73 Å². The van der Waals surface area contributed by atoms with Gasteiger partial charge in [0.05, 0.1) is 18.5 Å². The standard InChI is InChI=1S/C12H13N3OS/c1-15(8-9-4-3-7-16-9)11-6-2-5-10(14-11)12(13)17/h2-7H,8H2,1H3,(H2,13,17). The van der Waals surface area contributed by atoms with E-state index in [-0.39, 0.29) is 0 Å². The third-order valence-electron chi connectivity index (χ3n) is 2.35. The molecule has 5 heteroatoms. The van der Waals surface area contributed by atoms with E-state index in [4.69, 9.17) is 22.4 Å². The van der Waals surface area contributed by atoms with Gasteiger partial charge in [-0.05, 0) is 24.3 Å². The van der Waals surface area contributed by atoms with Gasteiger partial charge in [0.2, 0.25) is 0 Å². The molecule has 2 rings (SSSR count). The Labute approximate surface area is 105 Å². The van der Waals surface area contributed by atoms with Crippen molar-refractivity contribution in [1.82, 2.24) is 4.98 Å². The molecule has 2 aromatic rings. The smallest absolute Gasteiger partial charge is 0.129 e. The lowest BCUT2D eigenvalue weighted by Gasteiger charge is -2.17. The summed E-state index contributed by atoms with van der Waals surface area (Å²) >= 11 is 4.90. The van der Waals surface area contributed by atoms with Gasteiger partial charge in [-0.2, -0.15) is 0 Å². The molecule has 0 atom stereocenters. The molecule has 17 heavy (non-hydrogen) atoms. The van der Waals surface area contributed by atoms with Crippen LogP contribution in [0.1, 0.15) is 11.5 Å². The minimum atomic E-state index is 0.304. The zero-order valence-electron chi connectivity index (χ0n) is 9.46. The fraction of sp³-hybridized carbons (Fsp3) is 0.167. The van der Waals surface area contributed by atoms with Crippen LogP contribution in [0.5, 0.6) is 0 Å². The first-order valence-electron chi connectivity index (χ1n) is 5.17. The Hall–Kier alpha value is -1.88. The van der Waals surface area contributed by atoms with Crippen LogP contribution in [0, 0.1) is 0 Å². The molecule has 0 aliphatic heterocycles. The van der Waals surface area contributed by atoms with E-state index in [1.54, 1.807) is 12.3 Å². The predicted molar refractivity (Wildman–Crippen MR) is 70.9 cm³/mol. The Morgan fingerprint density at radius 1 is 1.41 bits per heavy atom. The maximum Gasteiger partial charge on any atom is 0.129 e. The Kier molecular flexibility index (Phi) is 3.39. The summed E-state index contributed by atoms with van der Waals surface area (Å²) < 4.78 is 5.28. The molecule has 0 unspecified atom stereocenters. The van der Waals surface area contributed by atoms with E-state index >= 15 is 0 Å². The molecule has 2 heterocycles. The average molecular weight is 247 g/mol. The van der Waals surface area contributed by atoms with Crippen LogP contribution in [-0.2, 0) is 6.54 Å². The van der Waals surface area contributed by atoms with Gasteiger partial charge in [-0.15, -0.1) is 0 Å². The van der Waals surface area contributed by atoms with Crippen molar-refractivity contribution in [2.45, 2.75) is 6.54 Å². The lowest BCUT2D eigenvalue weighted by Crippen LogP contribution is -2.19. The van der Waals surface area contributed by atoms with E-state index in [1.165, 1.54) is 0 Å². The van der Waals surface area contributed by atoms with Crippen LogP contribution in [0.15, 0.2) is 41.0 Å². The molecule has 0 spiro atoms. The van der Waals surface area contributed by atoms with Crippen molar-refractivity contribution < 1.29 is 4.42 Å². The maximum absolute atomic E-state index is 5.55. The normalized spacial score (nSPS) is 10.2. The Morgan fingerprint density at radius 2 is 2.24 bits per heavy atom. The second-order valence-electron chi connectivity index (χ2n) is 3.68. The number of nitrogens with two attached hydrogens (primary N) is 1. The van der Waals surface area contributed by atoms with E-state index in [0.717, 1.165) is 11.6 Å². The summed E-state index contributed by atoms with van der Waals surface area (Å²) in [6.07, 6.45) is 1.65. The number of nitrogens with zero attached hydrogens (tertiary/aromatic N) is 2. The fourth-order valence-electron chi connectivity index (χ4n) is 1.49. The second-order valence-corrected chi connectivity index (χ2v) is 4.12. The number of furan rings is 1. The average Bonchev–Trinajstić information content (AvgIpc) is 2.82. The summed E-state index contributed by atoms with van der Waals surface area (Å²) in [5, 5.41) is 0. The fourth-order valence-corrected chi connectivity index (χ4v) is 1.60. The number of thiocarbonyl (C=S) groups is 1. The molecule has 0 radical (unpaired) electrons. The van der Waals surface area contributed by atoms with Crippen LogP contribution < -0.4 is 10.6 Å². The van der Waals surface area contributed by atoms with Crippen LogP contribution in [0.2, 0.25) is 0 Å². The highest BCUT2D eigenvalue weighted by Gasteiger charge is 2.07. The molecule has 2 N–H and O–H groups in total. The van der Waals surface area contributed by atoms with Gasteiger partial charge in [-0.1, -0.05) is 18.3 Å². The molecule has 0 fully saturated rings. The van der Waals surface area contributed by atoms with E-state index in [0.29, 0.717) is 17.2 Å². The van der Waals surface area contributed by atoms with Gasteiger partial charge in [-0.3, -0.25) is 0 Å². The van der Waals surface area contributed by atoms with Crippen molar-refractivity contribution in [3.05, 3.63) is 48.0 Å². The molecule has 0 saturated carbocycles. The summed E-state index contributed by atoms with van der Waals surface area (Å²) in [5.74, 6) is 1.70. The zero-order chi connectivity index (χ0) is 12.3.